The van der Waals surface area contributed by atoms with Gasteiger partial charge in [0.15, 0.2) is 0 Å². The fourth-order valence-corrected chi connectivity index (χ4v) is 0.747. The minimum absolute atomic E-state index is 0.0776. The Labute approximate surface area is 57.0 Å². The highest BCUT2D eigenvalue weighted by molar-refractivity contribution is 5.73. The van der Waals surface area contributed by atoms with E-state index in [0.717, 1.165) is 0 Å². The molecule has 1 unspecified atom stereocenters. The van der Waals surface area contributed by atoms with Crippen LogP contribution in [-0.2, 0) is 9.53 Å². The van der Waals surface area contributed by atoms with Crippen LogP contribution < -0.4 is 5.32 Å². The van der Waals surface area contributed by atoms with Crippen LogP contribution in [0.5, 0.6) is 0 Å². The molecule has 1 atom stereocenters. The molecule has 1 amide bonds. The third-order valence-corrected chi connectivity index (χ3v) is 1.16. The zero-order valence-corrected chi connectivity index (χ0v) is 5.16. The number of aliphatic carboxylic acids is 1. The van der Waals surface area contributed by atoms with Crippen LogP contribution in [0, 0.1) is 0 Å². The fourth-order valence-electron chi connectivity index (χ4n) is 0.747. The summed E-state index contributed by atoms with van der Waals surface area (Å²) in [5, 5.41) is 10.6. The molecule has 0 spiro atoms. The van der Waals surface area contributed by atoms with Crippen molar-refractivity contribution in [2.24, 2.45) is 0 Å². The Hall–Kier alpha value is -1.26. The van der Waals surface area contributed by atoms with Crippen molar-refractivity contribution in [3.8, 4) is 0 Å². The molecule has 0 bridgehead atoms. The second-order valence-electron chi connectivity index (χ2n) is 2.04. The Bertz CT molecular complexity index is 167. The standard InChI is InChI=1S/C5H7NO4/c7-4(8)1-3-2-10-5(9)6-3/h3H,1-2H2,(H,6,9)(H,7,8). The first-order valence-corrected chi connectivity index (χ1v) is 2.83. The number of hydrogen-bond donors (Lipinski definition) is 2. The van der Waals surface area contributed by atoms with Crippen LogP contribution in [0.3, 0.4) is 0 Å². The van der Waals surface area contributed by atoms with Crippen LogP contribution in [0.15, 0.2) is 0 Å². The Kier molecular flexibility index (Phi) is 1.75. The number of nitrogens with one attached hydrogen (secondary N) is 1. The number of alkyl carbamates (subject to hydrolysis) is 1. The topological polar surface area (TPSA) is 75.6 Å². The van der Waals surface area contributed by atoms with Crippen LogP contribution in [0.4, 0.5) is 4.79 Å². The largest absolute Gasteiger partial charge is 0.481 e. The van der Waals surface area contributed by atoms with Gasteiger partial charge < -0.3 is 15.2 Å². The number of carboxylic acid groups (broad SMARTS) is 1. The molecule has 0 saturated carbocycles. The molecule has 1 saturated heterocycles. The normalized spacial score (nSPS) is 23.6. The van der Waals surface area contributed by atoms with Crippen molar-refractivity contribution in [3.05, 3.63) is 0 Å². The average Bonchev–Trinajstić information content (AvgIpc) is 2.13. The van der Waals surface area contributed by atoms with Crippen LogP contribution in [0.25, 0.3) is 0 Å². The summed E-state index contributed by atoms with van der Waals surface area (Å²) in [6.45, 7) is 0.158. The summed E-state index contributed by atoms with van der Waals surface area (Å²) >= 11 is 0. The highest BCUT2D eigenvalue weighted by Crippen LogP contribution is 2.00. The number of carboxylic acids is 1. The zero-order chi connectivity index (χ0) is 7.56. The first kappa shape index (κ1) is 6.85. The number of ether oxygens (including phenoxy) is 1. The summed E-state index contributed by atoms with van der Waals surface area (Å²) < 4.78 is 4.45. The predicted molar refractivity (Wildman–Crippen MR) is 30.5 cm³/mol. The molecule has 5 heteroatoms. The van der Waals surface area contributed by atoms with E-state index in [1.54, 1.807) is 0 Å². The molecule has 0 aromatic rings. The molecule has 0 radical (unpaired) electrons. The van der Waals surface area contributed by atoms with Crippen molar-refractivity contribution in [1.82, 2.24) is 5.32 Å². The summed E-state index contributed by atoms with van der Waals surface area (Å²) in [5.41, 5.74) is 0. The number of rotatable bonds is 2. The maximum atomic E-state index is 10.3. The van der Waals surface area contributed by atoms with Crippen molar-refractivity contribution in [2.45, 2.75) is 12.5 Å². The number of amides is 1. The predicted octanol–water partition coefficient (Wildman–Crippen LogP) is -0.430. The van der Waals surface area contributed by atoms with Gasteiger partial charge in [-0.2, -0.15) is 0 Å². The molecule has 1 aliphatic heterocycles. The zero-order valence-electron chi connectivity index (χ0n) is 5.16. The van der Waals surface area contributed by atoms with Gasteiger partial charge in [0.2, 0.25) is 0 Å². The van der Waals surface area contributed by atoms with Gasteiger partial charge in [0.25, 0.3) is 0 Å². The third-order valence-electron chi connectivity index (χ3n) is 1.16. The van der Waals surface area contributed by atoms with E-state index < -0.39 is 12.1 Å². The van der Waals surface area contributed by atoms with Gasteiger partial charge in [-0.15, -0.1) is 0 Å². The first-order valence-electron chi connectivity index (χ1n) is 2.83. The van der Waals surface area contributed by atoms with Crippen molar-refractivity contribution in [1.29, 1.82) is 0 Å². The minimum atomic E-state index is -0.934. The van der Waals surface area contributed by atoms with Crippen molar-refractivity contribution in [2.75, 3.05) is 6.61 Å². The molecule has 1 rings (SSSR count). The van der Waals surface area contributed by atoms with Gasteiger partial charge in [0, 0.05) is 0 Å². The van der Waals surface area contributed by atoms with E-state index in [1.165, 1.54) is 0 Å². The van der Waals surface area contributed by atoms with Gasteiger partial charge in [-0.3, -0.25) is 4.79 Å². The highest BCUT2D eigenvalue weighted by atomic mass is 16.6. The monoisotopic (exact) mass is 145 g/mol. The van der Waals surface area contributed by atoms with Crippen molar-refractivity contribution < 1.29 is 19.4 Å². The molecule has 1 heterocycles. The number of hydrogen-bond acceptors (Lipinski definition) is 3. The summed E-state index contributed by atoms with van der Waals surface area (Å²) in [6.07, 6.45) is -0.614. The van der Waals surface area contributed by atoms with E-state index >= 15 is 0 Å². The van der Waals surface area contributed by atoms with Gasteiger partial charge in [-0.25, -0.2) is 4.79 Å². The van der Waals surface area contributed by atoms with Crippen LogP contribution in [-0.4, -0.2) is 29.8 Å². The lowest BCUT2D eigenvalue weighted by Crippen LogP contribution is -2.28. The summed E-state index contributed by atoms with van der Waals surface area (Å²) in [5.74, 6) is -0.934. The average molecular weight is 145 g/mol. The number of carbonyl (C=O) groups excluding carboxylic acids is 1. The van der Waals surface area contributed by atoms with Gasteiger partial charge in [0.05, 0.1) is 12.5 Å². The van der Waals surface area contributed by atoms with E-state index in [4.69, 9.17) is 5.11 Å². The maximum Gasteiger partial charge on any atom is 0.407 e. The van der Waals surface area contributed by atoms with Crippen LogP contribution >= 0.6 is 0 Å². The highest BCUT2D eigenvalue weighted by Gasteiger charge is 2.23. The lowest BCUT2D eigenvalue weighted by atomic mass is 10.2. The molecule has 5 nitrogen and oxygen atoms in total. The van der Waals surface area contributed by atoms with Crippen LogP contribution in [0.1, 0.15) is 6.42 Å². The molecular formula is C5H7NO4. The summed E-state index contributed by atoms with van der Waals surface area (Å²) in [4.78, 5) is 20.4. The summed E-state index contributed by atoms with van der Waals surface area (Å²) in [7, 11) is 0. The first-order chi connectivity index (χ1) is 4.68. The van der Waals surface area contributed by atoms with E-state index in [0.29, 0.717) is 0 Å². The Balaban J connectivity index is 2.31. The van der Waals surface area contributed by atoms with E-state index in [1.807, 2.05) is 0 Å². The quantitative estimate of drug-likeness (QED) is 0.552. The molecule has 2 N–H and O–H groups in total. The van der Waals surface area contributed by atoms with Gasteiger partial charge in [0.1, 0.15) is 6.61 Å². The molecular weight excluding hydrogens is 138 g/mol. The molecule has 0 aromatic carbocycles. The molecule has 1 aliphatic rings. The van der Waals surface area contributed by atoms with Gasteiger partial charge >= 0.3 is 12.1 Å². The van der Waals surface area contributed by atoms with E-state index in [2.05, 4.69) is 10.1 Å². The van der Waals surface area contributed by atoms with Crippen molar-refractivity contribution in [3.63, 3.8) is 0 Å². The Morgan fingerprint density at radius 2 is 2.60 bits per heavy atom. The van der Waals surface area contributed by atoms with Crippen LogP contribution in [0.2, 0.25) is 0 Å². The van der Waals surface area contributed by atoms with Gasteiger partial charge in [-0.05, 0) is 0 Å². The SMILES string of the molecule is O=C(O)CC1COC(=O)N1. The minimum Gasteiger partial charge on any atom is -0.481 e. The van der Waals surface area contributed by atoms with Gasteiger partial charge in [-0.1, -0.05) is 0 Å². The Morgan fingerprint density at radius 3 is 3.00 bits per heavy atom. The fraction of sp³-hybridized carbons (Fsp3) is 0.600. The van der Waals surface area contributed by atoms with E-state index in [-0.39, 0.29) is 19.1 Å². The lowest BCUT2D eigenvalue weighted by Gasteiger charge is -1.99. The lowest BCUT2D eigenvalue weighted by molar-refractivity contribution is -0.137. The Morgan fingerprint density at radius 1 is 1.90 bits per heavy atom. The number of cyclic esters (lactones) is 1. The molecule has 0 aliphatic carbocycles. The van der Waals surface area contributed by atoms with E-state index in [9.17, 15) is 9.59 Å². The molecule has 56 valence electrons. The molecule has 10 heavy (non-hydrogen) atoms. The third kappa shape index (κ3) is 1.61. The maximum absolute atomic E-state index is 10.3. The molecule has 0 aromatic heterocycles. The van der Waals surface area contributed by atoms with Crippen molar-refractivity contribution >= 4 is 12.1 Å². The second-order valence-corrected chi connectivity index (χ2v) is 2.04. The second kappa shape index (κ2) is 2.55. The summed E-state index contributed by atoms with van der Waals surface area (Å²) in [6, 6.07) is -0.356. The number of carbonyl (C=O) groups is 2. The molecule has 1 fully saturated rings. The smallest absolute Gasteiger partial charge is 0.407 e.